The molecule has 0 radical (unpaired) electrons. The third-order valence-corrected chi connectivity index (χ3v) is 2.61. The Morgan fingerprint density at radius 2 is 2.16 bits per heavy atom. The zero-order chi connectivity index (χ0) is 14.4. The molecule has 0 bridgehead atoms. The van der Waals surface area contributed by atoms with Crippen LogP contribution in [0.1, 0.15) is 35.2 Å². The number of aromatic carboxylic acids is 1. The van der Waals surface area contributed by atoms with Crippen LogP contribution >= 0.6 is 0 Å². The SMILES string of the molecule is CCCNC(=O)CN(C)Cc1cc(C(=O)O)c(C)o1. The first-order chi connectivity index (χ1) is 8.93. The van der Waals surface area contributed by atoms with Gasteiger partial charge in [0.05, 0.1) is 13.1 Å². The van der Waals surface area contributed by atoms with Crippen LogP contribution < -0.4 is 5.32 Å². The van der Waals surface area contributed by atoms with Gasteiger partial charge in [0.1, 0.15) is 17.1 Å². The Morgan fingerprint density at radius 3 is 2.68 bits per heavy atom. The molecule has 1 amide bonds. The minimum atomic E-state index is -1.00. The first-order valence-corrected chi connectivity index (χ1v) is 6.21. The predicted octanol–water partition coefficient (Wildman–Crippen LogP) is 1.24. The Bertz CT molecular complexity index is 453. The molecule has 0 saturated heterocycles. The summed E-state index contributed by atoms with van der Waals surface area (Å²) in [6, 6.07) is 1.50. The summed E-state index contributed by atoms with van der Waals surface area (Å²) in [5.41, 5.74) is 0.166. The zero-order valence-electron chi connectivity index (χ0n) is 11.5. The molecule has 0 unspecified atom stereocenters. The second kappa shape index (κ2) is 6.94. The summed E-state index contributed by atoms with van der Waals surface area (Å²) < 4.78 is 5.36. The number of carbonyl (C=O) groups excluding carboxylic acids is 1. The highest BCUT2D eigenvalue weighted by Gasteiger charge is 2.15. The van der Waals surface area contributed by atoms with Gasteiger partial charge < -0.3 is 14.8 Å². The van der Waals surface area contributed by atoms with E-state index in [1.54, 1.807) is 18.9 Å². The number of nitrogens with one attached hydrogen (secondary N) is 1. The molecule has 6 nitrogen and oxygen atoms in total. The second-order valence-corrected chi connectivity index (χ2v) is 4.51. The van der Waals surface area contributed by atoms with E-state index in [2.05, 4.69) is 5.32 Å². The maximum Gasteiger partial charge on any atom is 0.339 e. The standard InChI is InChI=1S/C13H20N2O4/c1-4-5-14-12(16)8-15(3)7-10-6-11(13(17)18)9(2)19-10/h6H,4-5,7-8H2,1-3H3,(H,14,16)(H,17,18). The van der Waals surface area contributed by atoms with Crippen molar-refractivity contribution in [1.29, 1.82) is 0 Å². The average Bonchev–Trinajstić information content (AvgIpc) is 2.67. The summed E-state index contributed by atoms with van der Waals surface area (Å²) in [6.07, 6.45) is 0.898. The van der Waals surface area contributed by atoms with Crippen molar-refractivity contribution in [2.45, 2.75) is 26.8 Å². The van der Waals surface area contributed by atoms with Crippen LogP contribution in [-0.4, -0.2) is 42.0 Å². The van der Waals surface area contributed by atoms with Crippen molar-refractivity contribution in [3.8, 4) is 0 Å². The van der Waals surface area contributed by atoms with Gasteiger partial charge in [-0.2, -0.15) is 0 Å². The fourth-order valence-electron chi connectivity index (χ4n) is 1.72. The topological polar surface area (TPSA) is 82.8 Å². The van der Waals surface area contributed by atoms with E-state index in [0.29, 0.717) is 24.6 Å². The van der Waals surface area contributed by atoms with E-state index in [0.717, 1.165) is 6.42 Å². The Labute approximate surface area is 112 Å². The van der Waals surface area contributed by atoms with E-state index in [1.807, 2.05) is 6.92 Å². The normalized spacial score (nSPS) is 10.7. The lowest BCUT2D eigenvalue weighted by Crippen LogP contribution is -2.35. The van der Waals surface area contributed by atoms with Crippen LogP contribution in [0.4, 0.5) is 0 Å². The maximum absolute atomic E-state index is 11.5. The van der Waals surface area contributed by atoms with E-state index in [1.165, 1.54) is 6.07 Å². The van der Waals surface area contributed by atoms with Crippen molar-refractivity contribution in [1.82, 2.24) is 10.2 Å². The summed E-state index contributed by atoms with van der Waals surface area (Å²) in [5.74, 6) is -0.131. The molecular formula is C13H20N2O4. The van der Waals surface area contributed by atoms with Crippen molar-refractivity contribution in [2.24, 2.45) is 0 Å². The lowest BCUT2D eigenvalue weighted by atomic mass is 10.2. The number of carboxylic acids is 1. The maximum atomic E-state index is 11.5. The summed E-state index contributed by atoms with van der Waals surface area (Å²) in [7, 11) is 1.78. The van der Waals surface area contributed by atoms with Gasteiger partial charge in [0.15, 0.2) is 0 Å². The van der Waals surface area contributed by atoms with E-state index in [4.69, 9.17) is 9.52 Å². The van der Waals surface area contributed by atoms with Crippen LogP contribution in [-0.2, 0) is 11.3 Å². The molecule has 1 heterocycles. The van der Waals surface area contributed by atoms with E-state index < -0.39 is 5.97 Å². The van der Waals surface area contributed by atoms with E-state index >= 15 is 0 Å². The molecule has 0 aliphatic rings. The highest BCUT2D eigenvalue weighted by molar-refractivity contribution is 5.88. The molecule has 1 aromatic rings. The number of amides is 1. The number of carboxylic acid groups (broad SMARTS) is 1. The second-order valence-electron chi connectivity index (χ2n) is 4.51. The van der Waals surface area contributed by atoms with E-state index in [-0.39, 0.29) is 18.0 Å². The summed E-state index contributed by atoms with van der Waals surface area (Å²) in [4.78, 5) is 24.2. The smallest absolute Gasteiger partial charge is 0.339 e. The monoisotopic (exact) mass is 268 g/mol. The molecule has 0 atom stereocenters. The molecule has 0 aliphatic heterocycles. The molecule has 1 aromatic heterocycles. The summed E-state index contributed by atoms with van der Waals surface area (Å²) in [6.45, 7) is 4.91. The number of hydrogen-bond acceptors (Lipinski definition) is 4. The van der Waals surface area contributed by atoms with Crippen molar-refractivity contribution in [2.75, 3.05) is 20.1 Å². The van der Waals surface area contributed by atoms with Crippen molar-refractivity contribution < 1.29 is 19.1 Å². The van der Waals surface area contributed by atoms with Crippen molar-refractivity contribution in [3.05, 3.63) is 23.2 Å². The minimum Gasteiger partial charge on any atom is -0.478 e. The number of aryl methyl sites for hydroxylation is 1. The van der Waals surface area contributed by atoms with Crippen molar-refractivity contribution in [3.63, 3.8) is 0 Å². The highest BCUT2D eigenvalue weighted by atomic mass is 16.4. The number of carbonyl (C=O) groups is 2. The molecular weight excluding hydrogens is 248 g/mol. The van der Waals surface area contributed by atoms with Gasteiger partial charge in [-0.05, 0) is 26.5 Å². The average molecular weight is 268 g/mol. The third-order valence-electron chi connectivity index (χ3n) is 2.61. The van der Waals surface area contributed by atoms with Crippen molar-refractivity contribution >= 4 is 11.9 Å². The third kappa shape index (κ3) is 4.75. The molecule has 6 heteroatoms. The fraction of sp³-hybridized carbons (Fsp3) is 0.538. The Hall–Kier alpha value is -1.82. The molecule has 0 fully saturated rings. The molecule has 0 saturated carbocycles. The van der Waals surface area contributed by atoms with Gasteiger partial charge in [-0.15, -0.1) is 0 Å². The molecule has 0 aromatic carbocycles. The Morgan fingerprint density at radius 1 is 1.47 bits per heavy atom. The van der Waals surface area contributed by atoms with Gasteiger partial charge in [0.2, 0.25) is 5.91 Å². The predicted molar refractivity (Wildman–Crippen MR) is 70.0 cm³/mol. The quantitative estimate of drug-likeness (QED) is 0.777. The van der Waals surface area contributed by atoms with Gasteiger partial charge in [-0.25, -0.2) is 4.79 Å². The molecule has 106 valence electrons. The number of likely N-dealkylation sites (N-methyl/N-ethyl adjacent to an activating group) is 1. The lowest BCUT2D eigenvalue weighted by molar-refractivity contribution is -0.122. The van der Waals surface area contributed by atoms with Gasteiger partial charge >= 0.3 is 5.97 Å². The number of furan rings is 1. The summed E-state index contributed by atoms with van der Waals surface area (Å²) in [5, 5.41) is 11.7. The molecule has 1 rings (SSSR count). The van der Waals surface area contributed by atoms with Gasteiger partial charge in [-0.1, -0.05) is 6.92 Å². The largest absolute Gasteiger partial charge is 0.478 e. The van der Waals surface area contributed by atoms with Crippen LogP contribution in [0, 0.1) is 6.92 Å². The van der Waals surface area contributed by atoms with Gasteiger partial charge in [0, 0.05) is 6.54 Å². The highest BCUT2D eigenvalue weighted by Crippen LogP contribution is 2.15. The summed E-state index contributed by atoms with van der Waals surface area (Å²) >= 11 is 0. The number of rotatable bonds is 7. The first-order valence-electron chi connectivity index (χ1n) is 6.21. The van der Waals surface area contributed by atoms with Crippen LogP contribution in [0.5, 0.6) is 0 Å². The van der Waals surface area contributed by atoms with Gasteiger partial charge in [0.25, 0.3) is 0 Å². The fourth-order valence-corrected chi connectivity index (χ4v) is 1.72. The van der Waals surface area contributed by atoms with Crippen LogP contribution in [0.3, 0.4) is 0 Å². The van der Waals surface area contributed by atoms with Gasteiger partial charge in [-0.3, -0.25) is 9.69 Å². The van der Waals surface area contributed by atoms with Crippen LogP contribution in [0.25, 0.3) is 0 Å². The molecule has 0 aliphatic carbocycles. The van der Waals surface area contributed by atoms with E-state index in [9.17, 15) is 9.59 Å². The van der Waals surface area contributed by atoms with Crippen LogP contribution in [0.2, 0.25) is 0 Å². The zero-order valence-corrected chi connectivity index (χ0v) is 11.5. The Kier molecular flexibility index (Phi) is 5.57. The molecule has 0 spiro atoms. The number of hydrogen-bond donors (Lipinski definition) is 2. The molecule has 19 heavy (non-hydrogen) atoms. The lowest BCUT2D eigenvalue weighted by Gasteiger charge is -2.14. The molecule has 2 N–H and O–H groups in total. The first kappa shape index (κ1) is 15.2. The number of nitrogens with zero attached hydrogens (tertiary/aromatic N) is 1. The Balaban J connectivity index is 2.52. The van der Waals surface area contributed by atoms with Crippen LogP contribution in [0.15, 0.2) is 10.5 Å². The minimum absolute atomic E-state index is 0.0499.